The molecule has 164 valence electrons. The lowest BCUT2D eigenvalue weighted by Gasteiger charge is -2.19. The zero-order chi connectivity index (χ0) is 22.4. The number of Topliss-reactive ketones (excluding diaryl/α,β-unsaturated/α-hetero) is 1. The Kier molecular flexibility index (Phi) is 5.04. The second-order valence-electron chi connectivity index (χ2n) is 8.65. The summed E-state index contributed by atoms with van der Waals surface area (Å²) in [6.45, 7) is -0.461. The molecule has 0 radical (unpaired) electrons. The van der Waals surface area contributed by atoms with Gasteiger partial charge in [-0.05, 0) is 55.4 Å². The normalized spacial score (nSPS) is 25.7. The number of ketones is 1. The van der Waals surface area contributed by atoms with Crippen LogP contribution >= 0.6 is 0 Å². The number of carbonyl (C=O) groups is 4. The quantitative estimate of drug-likeness (QED) is 0.395. The van der Waals surface area contributed by atoms with Gasteiger partial charge in [0.1, 0.15) is 5.75 Å². The van der Waals surface area contributed by atoms with Crippen molar-refractivity contribution in [2.75, 3.05) is 18.6 Å². The van der Waals surface area contributed by atoms with Crippen molar-refractivity contribution >= 4 is 29.3 Å². The van der Waals surface area contributed by atoms with E-state index in [-0.39, 0.29) is 52.5 Å². The number of benzene rings is 2. The average Bonchev–Trinajstić information content (AvgIpc) is 3.51. The first-order chi connectivity index (χ1) is 15.5. The number of carbonyl (C=O) groups excluding carboxylic acids is 4. The van der Waals surface area contributed by atoms with Crippen LogP contribution in [0.4, 0.5) is 5.69 Å². The second kappa shape index (κ2) is 7.89. The van der Waals surface area contributed by atoms with Crippen LogP contribution in [0.5, 0.6) is 5.75 Å². The van der Waals surface area contributed by atoms with E-state index in [0.717, 1.165) is 19.3 Å². The van der Waals surface area contributed by atoms with E-state index in [2.05, 4.69) is 0 Å². The predicted molar refractivity (Wildman–Crippen MR) is 114 cm³/mol. The highest BCUT2D eigenvalue weighted by Crippen LogP contribution is 2.56. The molecule has 0 unspecified atom stereocenters. The molecule has 2 aliphatic carbocycles. The first-order valence-corrected chi connectivity index (χ1v) is 10.8. The number of rotatable bonds is 6. The molecule has 2 bridgehead atoms. The summed E-state index contributed by atoms with van der Waals surface area (Å²) in [6, 6.07) is 13.0. The van der Waals surface area contributed by atoms with E-state index in [1.165, 1.54) is 18.1 Å². The van der Waals surface area contributed by atoms with Crippen LogP contribution in [0.3, 0.4) is 0 Å². The van der Waals surface area contributed by atoms with Crippen LogP contribution in [0.15, 0.2) is 48.5 Å². The highest BCUT2D eigenvalue weighted by atomic mass is 16.5. The molecule has 0 spiro atoms. The number of hydrogen-bond acceptors (Lipinski definition) is 6. The molecule has 1 aliphatic heterocycles. The zero-order valence-electron chi connectivity index (χ0n) is 17.7. The first-order valence-electron chi connectivity index (χ1n) is 10.8. The first kappa shape index (κ1) is 20.4. The third-order valence-corrected chi connectivity index (χ3v) is 7.02. The SMILES string of the molecule is COc1cccc(C(=O)COC(=O)c2ccccc2N2C(=O)[C@@H]3[C@@H]4CC[C@@H](C4)[C@@H]3C2=O)c1. The third kappa shape index (κ3) is 3.20. The summed E-state index contributed by atoms with van der Waals surface area (Å²) in [5, 5.41) is 0. The van der Waals surface area contributed by atoms with Gasteiger partial charge in [0.05, 0.1) is 30.2 Å². The summed E-state index contributed by atoms with van der Waals surface area (Å²) in [4.78, 5) is 52.8. The number of esters is 1. The zero-order valence-corrected chi connectivity index (χ0v) is 17.7. The second-order valence-corrected chi connectivity index (χ2v) is 8.65. The van der Waals surface area contributed by atoms with Gasteiger partial charge in [0.25, 0.3) is 0 Å². The maximum atomic E-state index is 13.2. The number of imide groups is 1. The van der Waals surface area contributed by atoms with E-state index >= 15 is 0 Å². The van der Waals surface area contributed by atoms with E-state index < -0.39 is 12.6 Å². The summed E-state index contributed by atoms with van der Waals surface area (Å²) in [6.07, 6.45) is 2.90. The van der Waals surface area contributed by atoms with Crippen LogP contribution in [0, 0.1) is 23.7 Å². The number of hydrogen-bond donors (Lipinski definition) is 0. The third-order valence-electron chi connectivity index (χ3n) is 7.02. The molecule has 0 N–H and O–H groups in total. The van der Waals surface area contributed by atoms with Crippen molar-refractivity contribution in [3.63, 3.8) is 0 Å². The van der Waals surface area contributed by atoms with Gasteiger partial charge < -0.3 is 9.47 Å². The minimum atomic E-state index is -0.752. The van der Waals surface area contributed by atoms with Crippen molar-refractivity contribution < 1.29 is 28.7 Å². The monoisotopic (exact) mass is 433 g/mol. The van der Waals surface area contributed by atoms with Gasteiger partial charge in [-0.1, -0.05) is 24.3 Å². The Morgan fingerprint density at radius 1 is 0.969 bits per heavy atom. The van der Waals surface area contributed by atoms with Crippen molar-refractivity contribution in [2.45, 2.75) is 19.3 Å². The van der Waals surface area contributed by atoms with Crippen molar-refractivity contribution in [2.24, 2.45) is 23.7 Å². The predicted octanol–water partition coefficient (Wildman–Crippen LogP) is 3.27. The molecule has 2 aromatic carbocycles. The molecular weight excluding hydrogens is 410 g/mol. The van der Waals surface area contributed by atoms with Crippen LogP contribution in [-0.4, -0.2) is 37.3 Å². The van der Waals surface area contributed by atoms with Crippen molar-refractivity contribution in [3.8, 4) is 5.75 Å². The lowest BCUT2D eigenvalue weighted by Crippen LogP contribution is -2.34. The summed E-state index contributed by atoms with van der Waals surface area (Å²) < 4.78 is 10.4. The van der Waals surface area contributed by atoms with Gasteiger partial charge in [0, 0.05) is 5.56 Å². The van der Waals surface area contributed by atoms with Crippen LogP contribution < -0.4 is 9.64 Å². The number of fused-ring (bicyclic) bond motifs is 5. The van der Waals surface area contributed by atoms with Crippen molar-refractivity contribution in [3.05, 3.63) is 59.7 Å². The van der Waals surface area contributed by atoms with E-state index in [4.69, 9.17) is 9.47 Å². The summed E-state index contributed by atoms with van der Waals surface area (Å²) in [5.41, 5.74) is 0.689. The number of para-hydroxylation sites is 1. The summed E-state index contributed by atoms with van der Waals surface area (Å²) in [5.74, 6) is -1.10. The number of nitrogens with zero attached hydrogens (tertiary/aromatic N) is 1. The fourth-order valence-corrected chi connectivity index (χ4v) is 5.58. The van der Waals surface area contributed by atoms with Gasteiger partial charge in [-0.2, -0.15) is 0 Å². The van der Waals surface area contributed by atoms with Crippen LogP contribution in [0.25, 0.3) is 0 Å². The minimum absolute atomic E-state index is 0.0972. The minimum Gasteiger partial charge on any atom is -0.497 e. The largest absolute Gasteiger partial charge is 0.497 e. The van der Waals surface area contributed by atoms with E-state index in [1.54, 1.807) is 42.5 Å². The molecule has 2 aromatic rings. The molecule has 3 fully saturated rings. The van der Waals surface area contributed by atoms with Gasteiger partial charge in [0.2, 0.25) is 11.8 Å². The van der Waals surface area contributed by atoms with Gasteiger partial charge in [0.15, 0.2) is 12.4 Å². The molecule has 3 aliphatic rings. The van der Waals surface area contributed by atoms with Gasteiger partial charge in [-0.3, -0.25) is 14.4 Å². The van der Waals surface area contributed by atoms with Crippen LogP contribution in [0.1, 0.15) is 40.0 Å². The number of methoxy groups -OCH3 is 1. The fraction of sp³-hybridized carbons (Fsp3) is 0.360. The molecule has 5 rings (SSSR count). The van der Waals surface area contributed by atoms with Crippen LogP contribution in [-0.2, 0) is 14.3 Å². The highest BCUT2D eigenvalue weighted by molar-refractivity contribution is 6.24. The Balaban J connectivity index is 1.35. The van der Waals surface area contributed by atoms with Gasteiger partial charge >= 0.3 is 5.97 Å². The molecule has 1 heterocycles. The van der Waals surface area contributed by atoms with E-state index in [9.17, 15) is 19.2 Å². The lowest BCUT2D eigenvalue weighted by atomic mass is 9.81. The van der Waals surface area contributed by atoms with E-state index in [0.29, 0.717) is 11.3 Å². The number of amides is 2. The summed E-state index contributed by atoms with van der Waals surface area (Å²) >= 11 is 0. The number of ether oxygens (including phenoxy) is 2. The van der Waals surface area contributed by atoms with Crippen molar-refractivity contribution in [1.82, 2.24) is 0 Å². The standard InChI is InChI=1S/C25H23NO6/c1-31-17-6-4-5-14(12-17)20(27)13-32-25(30)18-7-2-3-8-19(18)26-23(28)21-15-9-10-16(11-15)22(21)24(26)29/h2-8,12,15-16,21-22H,9-11,13H2,1H3/t15-,16+,21-,22+. The Hall–Kier alpha value is -3.48. The molecule has 1 saturated heterocycles. The Bertz CT molecular complexity index is 1100. The van der Waals surface area contributed by atoms with Crippen LogP contribution in [0.2, 0.25) is 0 Å². The summed E-state index contributed by atoms with van der Waals surface area (Å²) in [7, 11) is 1.50. The highest BCUT2D eigenvalue weighted by Gasteiger charge is 2.61. The fourth-order valence-electron chi connectivity index (χ4n) is 5.58. The maximum Gasteiger partial charge on any atom is 0.340 e. The lowest BCUT2D eigenvalue weighted by molar-refractivity contribution is -0.123. The maximum absolute atomic E-state index is 13.2. The van der Waals surface area contributed by atoms with E-state index in [1.807, 2.05) is 0 Å². The Labute approximate surface area is 185 Å². The molecule has 7 heteroatoms. The Morgan fingerprint density at radius 3 is 2.34 bits per heavy atom. The average molecular weight is 433 g/mol. The topological polar surface area (TPSA) is 90.0 Å². The van der Waals surface area contributed by atoms with Crippen molar-refractivity contribution in [1.29, 1.82) is 0 Å². The molecule has 7 nitrogen and oxygen atoms in total. The molecule has 2 saturated carbocycles. The molecule has 2 amide bonds. The molecule has 0 aromatic heterocycles. The smallest absolute Gasteiger partial charge is 0.340 e. The Morgan fingerprint density at radius 2 is 1.66 bits per heavy atom. The molecular formula is C25H23NO6. The van der Waals surface area contributed by atoms with Gasteiger partial charge in [-0.25, -0.2) is 9.69 Å². The van der Waals surface area contributed by atoms with Gasteiger partial charge in [-0.15, -0.1) is 0 Å². The number of anilines is 1. The molecule has 4 atom stereocenters. The molecule has 32 heavy (non-hydrogen) atoms.